The van der Waals surface area contributed by atoms with Crippen molar-refractivity contribution < 1.29 is 9.53 Å². The van der Waals surface area contributed by atoms with E-state index < -0.39 is 0 Å². The fraction of sp³-hybridized carbons (Fsp3) is 0.120. The lowest BCUT2D eigenvalue weighted by molar-refractivity contribution is 0.0948. The van der Waals surface area contributed by atoms with E-state index in [1.54, 1.807) is 19.2 Å². The maximum Gasteiger partial charge on any atom is 0.255 e. The van der Waals surface area contributed by atoms with Gasteiger partial charge in [0, 0.05) is 23.9 Å². The van der Waals surface area contributed by atoms with Crippen LogP contribution in [0.1, 0.15) is 21.5 Å². The first kappa shape index (κ1) is 19.5. The number of aromatic nitrogens is 2. The Kier molecular flexibility index (Phi) is 5.61. The van der Waals surface area contributed by atoms with Crippen LogP contribution >= 0.6 is 0 Å². The monoisotopic (exact) mass is 397 g/mol. The Morgan fingerprint density at radius 3 is 2.40 bits per heavy atom. The average molecular weight is 397 g/mol. The van der Waals surface area contributed by atoms with Crippen molar-refractivity contribution in [2.75, 3.05) is 7.11 Å². The average Bonchev–Trinajstić information content (AvgIpc) is 3.23. The number of amides is 1. The van der Waals surface area contributed by atoms with Crippen LogP contribution in [0.4, 0.5) is 0 Å². The van der Waals surface area contributed by atoms with Gasteiger partial charge < -0.3 is 10.1 Å². The Balaban J connectivity index is 1.65. The predicted octanol–water partition coefficient (Wildman–Crippen LogP) is 4.79. The van der Waals surface area contributed by atoms with E-state index in [0.29, 0.717) is 17.9 Å². The highest BCUT2D eigenvalue weighted by Crippen LogP contribution is 2.25. The van der Waals surface area contributed by atoms with E-state index in [1.165, 1.54) is 5.56 Å². The summed E-state index contributed by atoms with van der Waals surface area (Å²) in [5.74, 6) is 0.364. The summed E-state index contributed by atoms with van der Waals surface area (Å²) in [6, 6.07) is 25.4. The van der Waals surface area contributed by atoms with Crippen molar-refractivity contribution in [3.05, 3.63) is 102 Å². The molecule has 0 aliphatic heterocycles. The Morgan fingerprint density at radius 1 is 0.967 bits per heavy atom. The minimum absolute atomic E-state index is 0.185. The number of methoxy groups -OCH3 is 1. The van der Waals surface area contributed by atoms with Gasteiger partial charge in [-0.05, 0) is 31.2 Å². The van der Waals surface area contributed by atoms with Crippen molar-refractivity contribution in [1.82, 2.24) is 15.1 Å². The molecule has 0 bridgehead atoms. The Bertz CT molecular complexity index is 1150. The smallest absolute Gasteiger partial charge is 0.255 e. The molecule has 0 unspecified atom stereocenters. The number of ether oxygens (including phenoxy) is 1. The molecule has 1 aromatic heterocycles. The molecule has 4 rings (SSSR count). The summed E-state index contributed by atoms with van der Waals surface area (Å²) in [5.41, 5.74) is 5.45. The molecule has 150 valence electrons. The van der Waals surface area contributed by atoms with Gasteiger partial charge in [-0.15, -0.1) is 0 Å². The van der Waals surface area contributed by atoms with E-state index in [4.69, 9.17) is 9.84 Å². The van der Waals surface area contributed by atoms with Gasteiger partial charge in [-0.1, -0.05) is 60.2 Å². The number of hydrogen-bond donors (Lipinski definition) is 1. The number of nitrogens with zero attached hydrogens (tertiary/aromatic N) is 2. The summed E-state index contributed by atoms with van der Waals surface area (Å²) >= 11 is 0. The van der Waals surface area contributed by atoms with Crippen LogP contribution in [0.15, 0.2) is 85.1 Å². The lowest BCUT2D eigenvalue weighted by Crippen LogP contribution is -2.23. The van der Waals surface area contributed by atoms with E-state index in [-0.39, 0.29) is 5.91 Å². The molecule has 3 aromatic carbocycles. The van der Waals surface area contributed by atoms with Crippen LogP contribution in [0.5, 0.6) is 5.75 Å². The lowest BCUT2D eigenvalue weighted by atomic mass is 10.1. The predicted molar refractivity (Wildman–Crippen MR) is 118 cm³/mol. The molecule has 0 atom stereocenters. The third-order valence-electron chi connectivity index (χ3n) is 4.93. The summed E-state index contributed by atoms with van der Waals surface area (Å²) in [4.78, 5) is 12.7. The van der Waals surface area contributed by atoms with Crippen LogP contribution in [-0.4, -0.2) is 22.8 Å². The number of nitrogens with one attached hydrogen (secondary N) is 1. The van der Waals surface area contributed by atoms with E-state index >= 15 is 0 Å². The second kappa shape index (κ2) is 8.66. The minimum Gasteiger partial charge on any atom is -0.496 e. The van der Waals surface area contributed by atoms with Gasteiger partial charge in [-0.3, -0.25) is 4.79 Å². The molecular weight excluding hydrogens is 374 g/mol. The van der Waals surface area contributed by atoms with Gasteiger partial charge in [0.25, 0.3) is 5.91 Å². The van der Waals surface area contributed by atoms with Gasteiger partial charge in [0.15, 0.2) is 0 Å². The number of benzene rings is 3. The Hall–Kier alpha value is -3.86. The Morgan fingerprint density at radius 2 is 1.67 bits per heavy atom. The molecule has 4 aromatic rings. The summed E-state index contributed by atoms with van der Waals surface area (Å²) in [7, 11) is 1.56. The quantitative estimate of drug-likeness (QED) is 0.509. The lowest BCUT2D eigenvalue weighted by Gasteiger charge is -2.09. The van der Waals surface area contributed by atoms with E-state index in [0.717, 1.165) is 22.5 Å². The summed E-state index contributed by atoms with van der Waals surface area (Å²) in [5, 5.41) is 7.81. The van der Waals surface area contributed by atoms with E-state index in [2.05, 4.69) is 36.5 Å². The van der Waals surface area contributed by atoms with Gasteiger partial charge >= 0.3 is 0 Å². The normalized spacial score (nSPS) is 10.6. The van der Waals surface area contributed by atoms with Crippen molar-refractivity contribution in [3.63, 3.8) is 0 Å². The number of carbonyl (C=O) groups is 1. The number of rotatable bonds is 6. The minimum atomic E-state index is -0.185. The molecule has 1 amide bonds. The summed E-state index contributed by atoms with van der Waals surface area (Å²) in [6.45, 7) is 2.41. The molecule has 0 aliphatic rings. The SMILES string of the molecule is COc1ccccc1C(=O)NCc1cn(-c2ccccc2)nc1-c1ccc(C)cc1. The zero-order valence-electron chi connectivity index (χ0n) is 17.0. The van der Waals surface area contributed by atoms with Crippen LogP contribution in [-0.2, 0) is 6.54 Å². The molecule has 1 heterocycles. The summed E-state index contributed by atoms with van der Waals surface area (Å²) in [6.07, 6.45) is 1.97. The zero-order valence-corrected chi connectivity index (χ0v) is 17.0. The van der Waals surface area contributed by atoms with E-state index in [9.17, 15) is 4.79 Å². The number of para-hydroxylation sites is 2. The molecule has 0 aliphatic carbocycles. The van der Waals surface area contributed by atoms with Crippen LogP contribution in [0.3, 0.4) is 0 Å². The molecule has 5 heteroatoms. The van der Waals surface area contributed by atoms with Gasteiger partial charge in [0.05, 0.1) is 24.1 Å². The maximum atomic E-state index is 12.7. The van der Waals surface area contributed by atoms with Gasteiger partial charge in [-0.2, -0.15) is 5.10 Å². The standard InChI is InChI=1S/C25H23N3O2/c1-18-12-14-19(15-13-18)24-20(17-28(27-24)21-8-4-3-5-9-21)16-26-25(29)22-10-6-7-11-23(22)30-2/h3-15,17H,16H2,1-2H3,(H,26,29). The molecule has 0 radical (unpaired) electrons. The van der Waals surface area contributed by atoms with Crippen molar-refractivity contribution in [2.24, 2.45) is 0 Å². The molecule has 5 nitrogen and oxygen atoms in total. The fourth-order valence-electron chi connectivity index (χ4n) is 3.31. The second-order valence-electron chi connectivity index (χ2n) is 7.03. The third kappa shape index (κ3) is 4.10. The molecular formula is C25H23N3O2. The van der Waals surface area contributed by atoms with Crippen molar-refractivity contribution in [1.29, 1.82) is 0 Å². The topological polar surface area (TPSA) is 56.1 Å². The molecule has 0 spiro atoms. The van der Waals surface area contributed by atoms with Gasteiger partial charge in [0.2, 0.25) is 0 Å². The zero-order chi connectivity index (χ0) is 20.9. The van der Waals surface area contributed by atoms with Crippen LogP contribution in [0.25, 0.3) is 16.9 Å². The number of aryl methyl sites for hydroxylation is 1. The molecule has 0 saturated heterocycles. The fourth-order valence-corrected chi connectivity index (χ4v) is 3.31. The van der Waals surface area contributed by atoms with E-state index in [1.807, 2.05) is 53.3 Å². The van der Waals surface area contributed by atoms with Crippen molar-refractivity contribution in [3.8, 4) is 22.7 Å². The van der Waals surface area contributed by atoms with Crippen LogP contribution < -0.4 is 10.1 Å². The molecule has 1 N–H and O–H groups in total. The first-order valence-corrected chi connectivity index (χ1v) is 9.78. The summed E-state index contributed by atoms with van der Waals surface area (Å²) < 4.78 is 7.15. The van der Waals surface area contributed by atoms with Crippen molar-refractivity contribution >= 4 is 5.91 Å². The first-order chi connectivity index (χ1) is 14.7. The van der Waals surface area contributed by atoms with Crippen LogP contribution in [0.2, 0.25) is 0 Å². The van der Waals surface area contributed by atoms with Crippen LogP contribution in [0, 0.1) is 6.92 Å². The van der Waals surface area contributed by atoms with Gasteiger partial charge in [-0.25, -0.2) is 4.68 Å². The first-order valence-electron chi connectivity index (χ1n) is 9.78. The maximum absolute atomic E-state index is 12.7. The Labute approximate surface area is 175 Å². The van der Waals surface area contributed by atoms with Crippen molar-refractivity contribution in [2.45, 2.75) is 13.5 Å². The van der Waals surface area contributed by atoms with Gasteiger partial charge in [0.1, 0.15) is 5.75 Å². The molecule has 0 saturated carbocycles. The number of hydrogen-bond acceptors (Lipinski definition) is 3. The third-order valence-corrected chi connectivity index (χ3v) is 4.93. The molecule has 30 heavy (non-hydrogen) atoms. The molecule has 0 fully saturated rings. The highest BCUT2D eigenvalue weighted by atomic mass is 16.5. The second-order valence-corrected chi connectivity index (χ2v) is 7.03. The highest BCUT2D eigenvalue weighted by molar-refractivity contribution is 5.96. The highest BCUT2D eigenvalue weighted by Gasteiger charge is 2.15. The number of carbonyl (C=O) groups excluding carboxylic acids is 1. The largest absolute Gasteiger partial charge is 0.496 e.